The van der Waals surface area contributed by atoms with Crippen LogP contribution in [-0.4, -0.2) is 55.7 Å². The molecule has 0 fully saturated rings. The molecule has 3 rings (SSSR count). The van der Waals surface area contributed by atoms with Crippen LogP contribution in [0.5, 0.6) is 0 Å². The van der Waals surface area contributed by atoms with Gasteiger partial charge in [-0.3, -0.25) is 9.36 Å². The number of aromatic nitrogens is 6. The van der Waals surface area contributed by atoms with Crippen LogP contribution in [0.25, 0.3) is 11.0 Å². The van der Waals surface area contributed by atoms with E-state index in [1.165, 1.54) is 16.3 Å². The van der Waals surface area contributed by atoms with E-state index >= 15 is 0 Å². The summed E-state index contributed by atoms with van der Waals surface area (Å²) < 4.78 is 32.2. The summed E-state index contributed by atoms with van der Waals surface area (Å²) in [6, 6.07) is 1.72. The molecule has 0 atom stereocenters. The molecule has 0 aromatic carbocycles. The summed E-state index contributed by atoms with van der Waals surface area (Å²) in [5.74, 6) is -0.180. The molecule has 0 N–H and O–H groups in total. The molecule has 0 spiro atoms. The van der Waals surface area contributed by atoms with E-state index in [0.29, 0.717) is 28.4 Å². The molecule has 0 unspecified atom stereocenters. The Kier molecular flexibility index (Phi) is 6.42. The lowest BCUT2D eigenvalue weighted by Crippen LogP contribution is -2.27. The lowest BCUT2D eigenvalue weighted by Gasteiger charge is -2.13. The second kappa shape index (κ2) is 8.80. The van der Waals surface area contributed by atoms with Gasteiger partial charge in [-0.05, 0) is 25.7 Å². The molecule has 0 radical (unpaired) electrons. The van der Waals surface area contributed by atoms with Gasteiger partial charge in [-0.1, -0.05) is 11.8 Å². The zero-order valence-electron chi connectivity index (χ0n) is 15.5. The minimum atomic E-state index is -3.62. The molecule has 0 aliphatic rings. The fraction of sp³-hybridized carbons (Fsp3) is 0.438. The standard InChI is InChI=1S/C16H20N6O4S2/c1-3-26-9-13-7-12-8-18-16(27-2)20-14(12)21(15(13)23)5-4-6-28(24,25)22-11-17-10-19-22/h7-8,10-11H,3-6,9H2,1-2H3. The number of pyridine rings is 1. The Hall–Kier alpha value is -2.31. The summed E-state index contributed by atoms with van der Waals surface area (Å²) in [5, 5.41) is 4.90. The van der Waals surface area contributed by atoms with E-state index < -0.39 is 10.0 Å². The average molecular weight is 425 g/mol. The molecular formula is C16H20N6O4S2. The average Bonchev–Trinajstić information content (AvgIpc) is 3.24. The van der Waals surface area contributed by atoms with Crippen LogP contribution in [0.1, 0.15) is 18.9 Å². The van der Waals surface area contributed by atoms with Gasteiger partial charge in [-0.15, -0.1) is 9.19 Å². The number of aryl methyl sites for hydroxylation is 1. The highest BCUT2D eigenvalue weighted by Gasteiger charge is 2.16. The minimum Gasteiger partial charge on any atom is -0.377 e. The first kappa shape index (κ1) is 20.4. The molecule has 0 bridgehead atoms. The van der Waals surface area contributed by atoms with Crippen LogP contribution < -0.4 is 5.56 Å². The van der Waals surface area contributed by atoms with E-state index in [0.717, 1.165) is 16.7 Å². The predicted molar refractivity (Wildman–Crippen MR) is 105 cm³/mol. The van der Waals surface area contributed by atoms with Gasteiger partial charge in [0.2, 0.25) is 0 Å². The quantitative estimate of drug-likeness (QED) is 0.364. The van der Waals surface area contributed by atoms with Gasteiger partial charge in [0.05, 0.1) is 12.4 Å². The number of ether oxygens (including phenoxy) is 1. The first-order valence-electron chi connectivity index (χ1n) is 8.55. The molecule has 0 saturated heterocycles. The number of hydrogen-bond donors (Lipinski definition) is 0. The van der Waals surface area contributed by atoms with Crippen molar-refractivity contribution >= 4 is 32.8 Å². The van der Waals surface area contributed by atoms with E-state index in [9.17, 15) is 13.2 Å². The second-order valence-electron chi connectivity index (χ2n) is 5.84. The van der Waals surface area contributed by atoms with Crippen LogP contribution in [0, 0.1) is 0 Å². The van der Waals surface area contributed by atoms with Gasteiger partial charge in [-0.2, -0.15) is 0 Å². The third kappa shape index (κ3) is 4.39. The van der Waals surface area contributed by atoms with Gasteiger partial charge in [-0.25, -0.2) is 23.4 Å². The summed E-state index contributed by atoms with van der Waals surface area (Å²) in [5.41, 5.74) is 0.710. The van der Waals surface area contributed by atoms with Crippen molar-refractivity contribution in [2.24, 2.45) is 0 Å². The van der Waals surface area contributed by atoms with Gasteiger partial charge in [0.15, 0.2) is 5.16 Å². The highest BCUT2D eigenvalue weighted by molar-refractivity contribution is 7.98. The van der Waals surface area contributed by atoms with Crippen molar-refractivity contribution in [3.8, 4) is 0 Å². The third-order valence-corrected chi connectivity index (χ3v) is 6.11. The van der Waals surface area contributed by atoms with Gasteiger partial charge in [0, 0.05) is 30.3 Å². The highest BCUT2D eigenvalue weighted by Crippen LogP contribution is 2.16. The molecule has 150 valence electrons. The maximum absolute atomic E-state index is 12.9. The minimum absolute atomic E-state index is 0.173. The Bertz CT molecular complexity index is 1110. The zero-order valence-corrected chi connectivity index (χ0v) is 17.1. The largest absolute Gasteiger partial charge is 0.377 e. The summed E-state index contributed by atoms with van der Waals surface area (Å²) in [4.78, 5) is 25.3. The molecule has 28 heavy (non-hydrogen) atoms. The Morgan fingerprint density at radius 1 is 1.32 bits per heavy atom. The maximum Gasteiger partial charge on any atom is 0.257 e. The van der Waals surface area contributed by atoms with Crippen molar-refractivity contribution in [3.05, 3.63) is 40.8 Å². The summed E-state index contributed by atoms with van der Waals surface area (Å²) in [6.07, 6.45) is 6.02. The van der Waals surface area contributed by atoms with Crippen molar-refractivity contribution < 1.29 is 13.2 Å². The third-order valence-electron chi connectivity index (χ3n) is 3.99. The van der Waals surface area contributed by atoms with Crippen molar-refractivity contribution in [2.45, 2.75) is 31.7 Å². The van der Waals surface area contributed by atoms with Gasteiger partial charge in [0.1, 0.15) is 18.3 Å². The fourth-order valence-electron chi connectivity index (χ4n) is 2.66. The van der Waals surface area contributed by atoms with Gasteiger partial charge >= 0.3 is 0 Å². The Balaban J connectivity index is 1.93. The summed E-state index contributed by atoms with van der Waals surface area (Å²) >= 11 is 1.37. The van der Waals surface area contributed by atoms with E-state index in [2.05, 4.69) is 20.1 Å². The van der Waals surface area contributed by atoms with Crippen LogP contribution in [0.3, 0.4) is 0 Å². The van der Waals surface area contributed by atoms with Crippen LogP contribution in [0.4, 0.5) is 0 Å². The van der Waals surface area contributed by atoms with Crippen molar-refractivity contribution in [1.82, 2.24) is 28.7 Å². The zero-order chi connectivity index (χ0) is 20.1. The molecule has 10 nitrogen and oxygen atoms in total. The lowest BCUT2D eigenvalue weighted by molar-refractivity contribution is 0.133. The SMILES string of the molecule is CCOCc1cc2cnc(SC)nc2n(CCCS(=O)(=O)n2cncn2)c1=O. The summed E-state index contributed by atoms with van der Waals surface area (Å²) in [6.45, 7) is 2.69. The number of nitrogens with zero attached hydrogens (tertiary/aromatic N) is 6. The van der Waals surface area contributed by atoms with Gasteiger partial charge in [0.25, 0.3) is 15.6 Å². The smallest absolute Gasteiger partial charge is 0.257 e. The van der Waals surface area contributed by atoms with Crippen LogP contribution >= 0.6 is 11.8 Å². The number of fused-ring (bicyclic) bond motifs is 1. The Morgan fingerprint density at radius 3 is 2.82 bits per heavy atom. The highest BCUT2D eigenvalue weighted by atomic mass is 32.2. The topological polar surface area (TPSA) is 122 Å². The van der Waals surface area contributed by atoms with Gasteiger partial charge < -0.3 is 4.74 Å². The first-order chi connectivity index (χ1) is 13.5. The molecule has 3 aromatic heterocycles. The molecule has 0 saturated carbocycles. The predicted octanol–water partition coefficient (Wildman–Crippen LogP) is 0.910. The first-order valence-corrected chi connectivity index (χ1v) is 11.4. The van der Waals surface area contributed by atoms with Crippen LogP contribution in [-0.2, 0) is 27.9 Å². The lowest BCUT2D eigenvalue weighted by atomic mass is 10.2. The molecule has 0 amide bonds. The molecule has 3 heterocycles. The molecule has 3 aromatic rings. The number of hydrogen-bond acceptors (Lipinski definition) is 9. The van der Waals surface area contributed by atoms with Crippen LogP contribution in [0.15, 0.2) is 34.9 Å². The summed E-state index contributed by atoms with van der Waals surface area (Å²) in [7, 11) is -3.62. The monoisotopic (exact) mass is 424 g/mol. The molecular weight excluding hydrogens is 404 g/mol. The Morgan fingerprint density at radius 2 is 2.14 bits per heavy atom. The van der Waals surface area contributed by atoms with E-state index in [-0.39, 0.29) is 30.9 Å². The van der Waals surface area contributed by atoms with E-state index in [4.69, 9.17) is 4.74 Å². The fourth-order valence-corrected chi connectivity index (χ4v) is 4.07. The van der Waals surface area contributed by atoms with E-state index in [1.807, 2.05) is 13.2 Å². The normalized spacial score (nSPS) is 11.9. The molecule has 12 heteroatoms. The Labute approximate surface area is 166 Å². The number of rotatable bonds is 9. The molecule has 0 aliphatic carbocycles. The second-order valence-corrected chi connectivity index (χ2v) is 8.56. The number of thioether (sulfide) groups is 1. The van der Waals surface area contributed by atoms with E-state index in [1.54, 1.807) is 12.3 Å². The van der Waals surface area contributed by atoms with Crippen LogP contribution in [0.2, 0.25) is 0 Å². The van der Waals surface area contributed by atoms with Crippen molar-refractivity contribution in [3.63, 3.8) is 0 Å². The maximum atomic E-state index is 12.9. The van der Waals surface area contributed by atoms with Crippen molar-refractivity contribution in [2.75, 3.05) is 18.6 Å². The van der Waals surface area contributed by atoms with Crippen molar-refractivity contribution in [1.29, 1.82) is 0 Å². The molecule has 0 aliphatic heterocycles.